The lowest BCUT2D eigenvalue weighted by molar-refractivity contribution is -0.159. The van der Waals surface area contributed by atoms with Crippen LogP contribution < -0.4 is 10.1 Å². The van der Waals surface area contributed by atoms with E-state index in [2.05, 4.69) is 21.2 Å². The molecule has 29 heavy (non-hydrogen) atoms. The number of methoxy groups -OCH3 is 1. The fourth-order valence-corrected chi connectivity index (χ4v) is 4.48. The van der Waals surface area contributed by atoms with Crippen molar-refractivity contribution in [2.75, 3.05) is 32.1 Å². The average Bonchev–Trinajstić information content (AvgIpc) is 2.71. The highest BCUT2D eigenvalue weighted by Gasteiger charge is 2.54. The first-order valence-electron chi connectivity index (χ1n) is 9.39. The quantitative estimate of drug-likeness (QED) is 0.736. The standard InChI is InChI=1S/C21H22BrN3O4/c1-29-16-8-6-15(7-9-16)23-21(28)24-10-17-20(13-2-4-14(22)5-3-13)18(12-26)25(17)19(27)11-24/h2-9,17-18,20,26H,10-12H2,1H3,(H,23,28)/t17-,18+,20-/m1/s1. The average molecular weight is 460 g/mol. The Kier molecular flexibility index (Phi) is 5.47. The maximum atomic E-state index is 12.7. The van der Waals surface area contributed by atoms with Gasteiger partial charge in [0, 0.05) is 22.6 Å². The van der Waals surface area contributed by atoms with Crippen molar-refractivity contribution in [3.05, 3.63) is 58.6 Å². The smallest absolute Gasteiger partial charge is 0.322 e. The number of ether oxygens (including phenoxy) is 1. The molecule has 2 fully saturated rings. The van der Waals surface area contributed by atoms with E-state index >= 15 is 0 Å². The first-order chi connectivity index (χ1) is 14.0. The highest BCUT2D eigenvalue weighted by molar-refractivity contribution is 9.10. The van der Waals surface area contributed by atoms with Crippen LogP contribution in [-0.2, 0) is 4.79 Å². The minimum absolute atomic E-state index is 0.00203. The van der Waals surface area contributed by atoms with E-state index in [1.54, 1.807) is 36.3 Å². The summed E-state index contributed by atoms with van der Waals surface area (Å²) in [4.78, 5) is 28.7. The third kappa shape index (κ3) is 3.70. The Morgan fingerprint density at radius 2 is 1.90 bits per heavy atom. The molecule has 4 rings (SSSR count). The predicted octanol–water partition coefficient (Wildman–Crippen LogP) is 2.66. The number of benzene rings is 2. The van der Waals surface area contributed by atoms with Crippen LogP contribution in [0.1, 0.15) is 11.5 Å². The van der Waals surface area contributed by atoms with E-state index in [-0.39, 0.29) is 43.1 Å². The van der Waals surface area contributed by atoms with Gasteiger partial charge in [-0.2, -0.15) is 0 Å². The predicted molar refractivity (Wildman–Crippen MR) is 112 cm³/mol. The summed E-state index contributed by atoms with van der Waals surface area (Å²) in [6, 6.07) is 14.2. The third-order valence-corrected chi connectivity index (χ3v) is 6.16. The second-order valence-electron chi connectivity index (χ2n) is 7.23. The lowest BCUT2D eigenvalue weighted by Gasteiger charge is -2.58. The highest BCUT2D eigenvalue weighted by Crippen LogP contribution is 2.43. The zero-order chi connectivity index (χ0) is 20.5. The molecule has 0 bridgehead atoms. The van der Waals surface area contributed by atoms with Gasteiger partial charge in [-0.3, -0.25) is 4.79 Å². The molecule has 2 aromatic rings. The number of fused-ring (bicyclic) bond motifs is 1. The molecule has 0 aromatic heterocycles. The Morgan fingerprint density at radius 3 is 2.52 bits per heavy atom. The zero-order valence-electron chi connectivity index (χ0n) is 15.9. The topological polar surface area (TPSA) is 82.1 Å². The van der Waals surface area contributed by atoms with Crippen molar-refractivity contribution in [1.29, 1.82) is 0 Å². The second kappa shape index (κ2) is 8.04. The second-order valence-corrected chi connectivity index (χ2v) is 8.15. The van der Waals surface area contributed by atoms with E-state index in [0.717, 1.165) is 10.0 Å². The number of aliphatic hydroxyl groups is 1. The zero-order valence-corrected chi connectivity index (χ0v) is 17.5. The van der Waals surface area contributed by atoms with Gasteiger partial charge < -0.3 is 25.0 Å². The number of piperazine rings is 1. The Bertz CT molecular complexity index is 903. The molecule has 7 nitrogen and oxygen atoms in total. The number of nitrogens with one attached hydrogen (secondary N) is 1. The molecule has 2 aliphatic heterocycles. The fourth-order valence-electron chi connectivity index (χ4n) is 4.22. The Hall–Kier alpha value is -2.58. The van der Waals surface area contributed by atoms with Crippen LogP contribution >= 0.6 is 15.9 Å². The first-order valence-corrected chi connectivity index (χ1v) is 10.2. The largest absolute Gasteiger partial charge is 0.497 e. The van der Waals surface area contributed by atoms with E-state index in [1.165, 1.54) is 4.90 Å². The Labute approximate surface area is 177 Å². The van der Waals surface area contributed by atoms with Gasteiger partial charge in [-0.15, -0.1) is 0 Å². The van der Waals surface area contributed by atoms with Gasteiger partial charge in [0.1, 0.15) is 12.3 Å². The SMILES string of the molecule is COc1ccc(NC(=O)N2CC(=O)N3[C@H](C2)[C@@H](c2ccc(Br)cc2)[C@@H]3CO)cc1. The van der Waals surface area contributed by atoms with Gasteiger partial charge in [0.05, 0.1) is 25.8 Å². The van der Waals surface area contributed by atoms with E-state index in [4.69, 9.17) is 4.74 Å². The fraction of sp³-hybridized carbons (Fsp3) is 0.333. The lowest BCUT2D eigenvalue weighted by Crippen LogP contribution is -2.73. The molecule has 0 saturated carbocycles. The number of hydrogen-bond donors (Lipinski definition) is 2. The van der Waals surface area contributed by atoms with Crippen LogP contribution in [0.3, 0.4) is 0 Å². The van der Waals surface area contributed by atoms with Crippen LogP contribution in [0.4, 0.5) is 10.5 Å². The van der Waals surface area contributed by atoms with Crippen LogP contribution in [-0.4, -0.2) is 65.7 Å². The van der Waals surface area contributed by atoms with Gasteiger partial charge in [0.25, 0.3) is 0 Å². The van der Waals surface area contributed by atoms with Gasteiger partial charge in [-0.25, -0.2) is 4.79 Å². The van der Waals surface area contributed by atoms with Crippen LogP contribution in [0.25, 0.3) is 0 Å². The molecule has 2 saturated heterocycles. The number of hydrogen-bond acceptors (Lipinski definition) is 4. The van der Waals surface area contributed by atoms with Crippen molar-refractivity contribution in [2.24, 2.45) is 0 Å². The maximum absolute atomic E-state index is 12.7. The molecule has 3 amide bonds. The molecule has 152 valence electrons. The maximum Gasteiger partial charge on any atom is 0.322 e. The monoisotopic (exact) mass is 459 g/mol. The number of anilines is 1. The molecule has 3 atom stereocenters. The van der Waals surface area contributed by atoms with Gasteiger partial charge in [0.2, 0.25) is 5.91 Å². The summed E-state index contributed by atoms with van der Waals surface area (Å²) in [5.74, 6) is 0.556. The molecule has 0 aliphatic carbocycles. The summed E-state index contributed by atoms with van der Waals surface area (Å²) in [5, 5.41) is 12.7. The summed E-state index contributed by atoms with van der Waals surface area (Å²) >= 11 is 3.43. The first kappa shape index (κ1) is 19.7. The van der Waals surface area contributed by atoms with Crippen LogP contribution in [0.15, 0.2) is 53.0 Å². The summed E-state index contributed by atoms with van der Waals surface area (Å²) < 4.78 is 6.09. The number of carbonyl (C=O) groups is 2. The number of carbonyl (C=O) groups excluding carboxylic acids is 2. The molecular weight excluding hydrogens is 438 g/mol. The van der Waals surface area contributed by atoms with Crippen LogP contribution in [0.2, 0.25) is 0 Å². The molecule has 8 heteroatoms. The molecule has 2 heterocycles. The summed E-state index contributed by atoms with van der Waals surface area (Å²) in [6.07, 6.45) is 0. The highest BCUT2D eigenvalue weighted by atomic mass is 79.9. The van der Waals surface area contributed by atoms with E-state index in [9.17, 15) is 14.7 Å². The number of halogens is 1. The van der Waals surface area contributed by atoms with Gasteiger partial charge >= 0.3 is 6.03 Å². The van der Waals surface area contributed by atoms with Crippen LogP contribution in [0.5, 0.6) is 5.75 Å². The molecule has 0 spiro atoms. The number of rotatable bonds is 4. The lowest BCUT2D eigenvalue weighted by atomic mass is 9.74. The number of nitrogens with zero attached hydrogens (tertiary/aromatic N) is 2. The summed E-state index contributed by atoms with van der Waals surface area (Å²) in [7, 11) is 1.58. The molecule has 2 aromatic carbocycles. The molecule has 0 radical (unpaired) electrons. The summed E-state index contributed by atoms with van der Waals surface area (Å²) in [5.41, 5.74) is 1.69. The van der Waals surface area contributed by atoms with Gasteiger partial charge in [-0.05, 0) is 42.0 Å². The van der Waals surface area contributed by atoms with Crippen molar-refractivity contribution in [3.63, 3.8) is 0 Å². The van der Waals surface area contributed by atoms with Crippen molar-refractivity contribution >= 4 is 33.6 Å². The number of amides is 3. The molecular formula is C21H22BrN3O4. The molecule has 2 N–H and O–H groups in total. The number of urea groups is 1. The van der Waals surface area contributed by atoms with Crippen molar-refractivity contribution in [1.82, 2.24) is 9.80 Å². The van der Waals surface area contributed by atoms with E-state index < -0.39 is 0 Å². The van der Waals surface area contributed by atoms with E-state index in [1.807, 2.05) is 24.3 Å². The molecule has 2 aliphatic rings. The van der Waals surface area contributed by atoms with Gasteiger partial charge in [-0.1, -0.05) is 28.1 Å². The summed E-state index contributed by atoms with van der Waals surface area (Å²) in [6.45, 7) is 0.327. The van der Waals surface area contributed by atoms with Crippen molar-refractivity contribution in [3.8, 4) is 5.75 Å². The Morgan fingerprint density at radius 1 is 1.21 bits per heavy atom. The van der Waals surface area contributed by atoms with Crippen molar-refractivity contribution in [2.45, 2.75) is 18.0 Å². The van der Waals surface area contributed by atoms with Crippen molar-refractivity contribution < 1.29 is 19.4 Å². The third-order valence-electron chi connectivity index (χ3n) is 5.64. The van der Waals surface area contributed by atoms with Crippen LogP contribution in [0, 0.1) is 0 Å². The van der Waals surface area contributed by atoms with Gasteiger partial charge in [0.15, 0.2) is 0 Å². The number of aliphatic hydroxyl groups excluding tert-OH is 1. The normalized spacial score (nSPS) is 23.3. The molecule has 0 unspecified atom stereocenters. The Balaban J connectivity index is 1.49. The minimum Gasteiger partial charge on any atom is -0.497 e. The minimum atomic E-state index is -0.315. The van der Waals surface area contributed by atoms with E-state index in [0.29, 0.717) is 18.0 Å².